The summed E-state index contributed by atoms with van der Waals surface area (Å²) in [5.41, 5.74) is 2.26. The van der Waals surface area contributed by atoms with Gasteiger partial charge in [0.2, 0.25) is 0 Å². The third kappa shape index (κ3) is 3.40. The van der Waals surface area contributed by atoms with Crippen LogP contribution in [-0.2, 0) is 18.3 Å². The molecule has 0 N–H and O–H groups in total. The molecule has 1 aromatic heterocycles. The number of rotatable bonds is 3. The predicted molar refractivity (Wildman–Crippen MR) is 115 cm³/mol. The molecule has 0 saturated carbocycles. The molecule has 2 fully saturated rings. The molecule has 4 heterocycles. The number of aromatic nitrogens is 2. The molecule has 2 saturated heterocycles. The lowest BCUT2D eigenvalue weighted by Crippen LogP contribution is -2.54. The van der Waals surface area contributed by atoms with Crippen LogP contribution in [0.5, 0.6) is 11.5 Å². The van der Waals surface area contributed by atoms with Crippen molar-refractivity contribution >= 4 is 0 Å². The summed E-state index contributed by atoms with van der Waals surface area (Å²) in [4.78, 5) is 7.02. The molecule has 0 bridgehead atoms. The maximum atomic E-state index is 6.62. The van der Waals surface area contributed by atoms with E-state index in [2.05, 4.69) is 36.0 Å². The first-order valence-electron chi connectivity index (χ1n) is 11.1. The Kier molecular flexibility index (Phi) is 4.82. The minimum Gasteiger partial charge on any atom is -0.493 e. The molecule has 0 amide bonds. The summed E-state index contributed by atoms with van der Waals surface area (Å²) in [5, 5.41) is 0. The molecule has 0 unspecified atom stereocenters. The van der Waals surface area contributed by atoms with Gasteiger partial charge in [-0.3, -0.25) is 4.90 Å². The molecule has 0 aliphatic carbocycles. The van der Waals surface area contributed by atoms with Crippen LogP contribution in [0.1, 0.15) is 50.5 Å². The second kappa shape index (κ2) is 7.27. The minimum atomic E-state index is -0.287. The van der Waals surface area contributed by atoms with Gasteiger partial charge in [0.05, 0.1) is 31.8 Å². The lowest BCUT2D eigenvalue weighted by molar-refractivity contribution is -0.175. The van der Waals surface area contributed by atoms with E-state index in [-0.39, 0.29) is 17.1 Å². The first-order valence-corrected chi connectivity index (χ1v) is 11.1. The predicted octanol–water partition coefficient (Wildman–Crippen LogP) is 3.96. The third-order valence-corrected chi connectivity index (χ3v) is 7.44. The Bertz CT molecular complexity index is 914. The van der Waals surface area contributed by atoms with Crippen LogP contribution in [0, 0.1) is 11.3 Å². The second-order valence-electron chi connectivity index (χ2n) is 9.93. The van der Waals surface area contributed by atoms with Gasteiger partial charge in [0.25, 0.3) is 0 Å². The van der Waals surface area contributed by atoms with E-state index in [9.17, 15) is 0 Å². The molecule has 1 aromatic carbocycles. The first-order chi connectivity index (χ1) is 14.4. The van der Waals surface area contributed by atoms with Crippen LogP contribution < -0.4 is 9.47 Å². The molecule has 5 rings (SSSR count). The lowest BCUT2D eigenvalue weighted by atomic mass is 9.64. The number of aryl methyl sites for hydroxylation is 1. The van der Waals surface area contributed by atoms with Gasteiger partial charge in [-0.1, -0.05) is 12.1 Å². The molecular weight excluding hydrogens is 378 g/mol. The van der Waals surface area contributed by atoms with Crippen LogP contribution in [0.3, 0.4) is 0 Å². The average molecular weight is 412 g/mol. The molecule has 1 spiro atoms. The van der Waals surface area contributed by atoms with Crippen molar-refractivity contribution in [3.63, 3.8) is 0 Å². The number of methoxy groups -OCH3 is 1. The molecule has 30 heavy (non-hydrogen) atoms. The van der Waals surface area contributed by atoms with Gasteiger partial charge in [0.1, 0.15) is 5.60 Å². The van der Waals surface area contributed by atoms with Crippen molar-refractivity contribution in [2.45, 2.75) is 51.4 Å². The second-order valence-corrected chi connectivity index (χ2v) is 9.93. The summed E-state index contributed by atoms with van der Waals surface area (Å²) in [6.45, 7) is 8.38. The Labute approximate surface area is 179 Å². The van der Waals surface area contributed by atoms with E-state index in [0.29, 0.717) is 5.92 Å². The van der Waals surface area contributed by atoms with E-state index in [1.807, 2.05) is 30.1 Å². The van der Waals surface area contributed by atoms with Gasteiger partial charge in [-0.05, 0) is 57.7 Å². The third-order valence-electron chi connectivity index (χ3n) is 7.44. The van der Waals surface area contributed by atoms with Crippen LogP contribution >= 0.6 is 0 Å². The van der Waals surface area contributed by atoms with E-state index in [0.717, 1.165) is 55.4 Å². The van der Waals surface area contributed by atoms with E-state index in [1.165, 1.54) is 12.8 Å². The van der Waals surface area contributed by atoms with Gasteiger partial charge in [-0.25, -0.2) is 4.98 Å². The molecule has 162 valence electrons. The minimum absolute atomic E-state index is 0.0797. The standard InChI is InChI=1S/C24H33N3O3/c1-23(2)19-12-24(8-10-27(11-9-24)14-17-13-26(3)16-25-17)15-29-21(19)18-6-5-7-20(28-4)22(18)30-23/h5-7,13,16,19,21H,8-12,14-15H2,1-4H3/t19-,21+/m0/s1. The molecule has 2 aromatic rings. The van der Waals surface area contributed by atoms with Crippen molar-refractivity contribution in [2.24, 2.45) is 18.4 Å². The van der Waals surface area contributed by atoms with Crippen LogP contribution in [0.15, 0.2) is 30.7 Å². The van der Waals surface area contributed by atoms with Crippen molar-refractivity contribution in [3.8, 4) is 11.5 Å². The Hall–Kier alpha value is -2.05. The maximum Gasteiger partial charge on any atom is 0.167 e. The van der Waals surface area contributed by atoms with Crippen molar-refractivity contribution in [3.05, 3.63) is 42.0 Å². The zero-order valence-corrected chi connectivity index (χ0v) is 18.6. The van der Waals surface area contributed by atoms with E-state index < -0.39 is 0 Å². The van der Waals surface area contributed by atoms with Crippen molar-refractivity contribution in [1.29, 1.82) is 0 Å². The molecule has 2 atom stereocenters. The summed E-state index contributed by atoms with van der Waals surface area (Å²) in [6, 6.07) is 6.15. The number of ether oxygens (including phenoxy) is 3. The lowest BCUT2D eigenvalue weighted by Gasteiger charge is -2.54. The van der Waals surface area contributed by atoms with Crippen molar-refractivity contribution in [1.82, 2.24) is 14.5 Å². The zero-order chi connectivity index (χ0) is 20.9. The number of piperidine rings is 1. The van der Waals surface area contributed by atoms with Crippen LogP contribution in [0.2, 0.25) is 0 Å². The zero-order valence-electron chi connectivity index (χ0n) is 18.6. The summed E-state index contributed by atoms with van der Waals surface area (Å²) < 4.78 is 20.7. The number of hydrogen-bond acceptors (Lipinski definition) is 5. The van der Waals surface area contributed by atoms with Gasteiger partial charge in [0, 0.05) is 31.3 Å². The Morgan fingerprint density at radius 2 is 2.03 bits per heavy atom. The Morgan fingerprint density at radius 3 is 2.73 bits per heavy atom. The monoisotopic (exact) mass is 411 g/mol. The smallest absolute Gasteiger partial charge is 0.167 e. The summed E-state index contributed by atoms with van der Waals surface area (Å²) in [6.07, 6.45) is 7.57. The largest absolute Gasteiger partial charge is 0.493 e. The number of nitrogens with zero attached hydrogens (tertiary/aromatic N) is 3. The fourth-order valence-electron chi connectivity index (χ4n) is 5.61. The highest BCUT2D eigenvalue weighted by molar-refractivity contribution is 5.50. The average Bonchev–Trinajstić information content (AvgIpc) is 3.14. The molecule has 0 radical (unpaired) electrons. The van der Waals surface area contributed by atoms with E-state index in [1.54, 1.807) is 7.11 Å². The molecule has 3 aliphatic heterocycles. The molecular formula is C24H33N3O3. The number of imidazole rings is 1. The molecule has 6 heteroatoms. The SMILES string of the molecule is COc1cccc2c1OC(C)(C)[C@H]1CC3(CCN(Cc4cn(C)cn4)CC3)CO[C@H]21. The first kappa shape index (κ1) is 19.9. The molecule has 6 nitrogen and oxygen atoms in total. The Balaban J connectivity index is 1.31. The fraction of sp³-hybridized carbons (Fsp3) is 0.625. The normalized spacial score (nSPS) is 27.2. The van der Waals surface area contributed by atoms with Gasteiger partial charge >= 0.3 is 0 Å². The number of benzene rings is 1. The summed E-state index contributed by atoms with van der Waals surface area (Å²) in [5.74, 6) is 1.99. The van der Waals surface area contributed by atoms with E-state index in [4.69, 9.17) is 14.2 Å². The van der Waals surface area contributed by atoms with Crippen molar-refractivity contribution < 1.29 is 14.2 Å². The van der Waals surface area contributed by atoms with Gasteiger partial charge in [-0.2, -0.15) is 0 Å². The fourth-order valence-corrected chi connectivity index (χ4v) is 5.61. The highest BCUT2D eigenvalue weighted by atomic mass is 16.5. The number of hydrogen-bond donors (Lipinski definition) is 0. The quantitative estimate of drug-likeness (QED) is 0.765. The summed E-state index contributed by atoms with van der Waals surface area (Å²) in [7, 11) is 3.73. The number of para-hydroxylation sites is 1. The van der Waals surface area contributed by atoms with Crippen molar-refractivity contribution in [2.75, 3.05) is 26.8 Å². The van der Waals surface area contributed by atoms with Gasteiger partial charge in [0.15, 0.2) is 11.5 Å². The highest BCUT2D eigenvalue weighted by Gasteiger charge is 2.53. The van der Waals surface area contributed by atoms with Crippen LogP contribution in [-0.4, -0.2) is 46.9 Å². The topological polar surface area (TPSA) is 48.8 Å². The Morgan fingerprint density at radius 1 is 1.23 bits per heavy atom. The highest BCUT2D eigenvalue weighted by Crippen LogP contribution is 2.57. The van der Waals surface area contributed by atoms with Crippen LogP contribution in [0.25, 0.3) is 0 Å². The summed E-state index contributed by atoms with van der Waals surface area (Å²) >= 11 is 0. The van der Waals surface area contributed by atoms with Gasteiger partial charge in [-0.15, -0.1) is 0 Å². The number of fused-ring (bicyclic) bond motifs is 3. The van der Waals surface area contributed by atoms with Crippen LogP contribution in [0.4, 0.5) is 0 Å². The van der Waals surface area contributed by atoms with E-state index >= 15 is 0 Å². The maximum absolute atomic E-state index is 6.62. The molecule has 3 aliphatic rings. The number of likely N-dealkylation sites (tertiary alicyclic amines) is 1. The van der Waals surface area contributed by atoms with Gasteiger partial charge < -0.3 is 18.8 Å².